The van der Waals surface area contributed by atoms with E-state index in [2.05, 4.69) is 4.98 Å². The van der Waals surface area contributed by atoms with Gasteiger partial charge in [-0.3, -0.25) is 0 Å². The van der Waals surface area contributed by atoms with Gasteiger partial charge >= 0.3 is 0 Å². The minimum atomic E-state index is -2.67. The maximum atomic E-state index is 10.2. The van der Waals surface area contributed by atoms with Gasteiger partial charge in [0.25, 0.3) is 0 Å². The molecule has 0 saturated heterocycles. The lowest BCUT2D eigenvalue weighted by Crippen LogP contribution is -2.19. The van der Waals surface area contributed by atoms with E-state index in [1.54, 1.807) is 0 Å². The summed E-state index contributed by atoms with van der Waals surface area (Å²) >= 11 is 5.85. The molecule has 0 fully saturated rings. The Kier molecular flexibility index (Phi) is 1.60. The molecule has 2 rings (SSSR count). The molecule has 16 heavy (non-hydrogen) atoms. The predicted octanol–water partition coefficient (Wildman–Crippen LogP) is 2.70. The maximum Gasteiger partial charge on any atom is 0.103 e. The van der Waals surface area contributed by atoms with Crippen LogP contribution in [0.2, 0.25) is 5.02 Å². The molecule has 0 aliphatic rings. The lowest BCUT2D eigenvalue weighted by molar-refractivity contribution is 0.0751. The van der Waals surface area contributed by atoms with Crippen molar-refractivity contribution in [3.05, 3.63) is 35.0 Å². The van der Waals surface area contributed by atoms with Crippen LogP contribution in [-0.2, 0) is 5.60 Å². The summed E-state index contributed by atoms with van der Waals surface area (Å²) in [5.74, 6) is 0. The van der Waals surface area contributed by atoms with Crippen molar-refractivity contribution >= 4 is 28.2 Å². The minimum Gasteiger partial charge on any atom is -0.397 e. The molecule has 0 aliphatic heterocycles. The molecule has 0 amide bonds. The summed E-state index contributed by atoms with van der Waals surface area (Å²) < 4.78 is 29.8. The second-order valence-electron chi connectivity index (χ2n) is 3.75. The molecule has 3 nitrogen and oxygen atoms in total. The zero-order valence-corrected chi connectivity index (χ0v) is 9.34. The highest BCUT2D eigenvalue weighted by Crippen LogP contribution is 2.28. The third-order valence-corrected chi connectivity index (χ3v) is 2.42. The lowest BCUT2D eigenvalue weighted by Gasteiger charge is -2.19. The summed E-state index contributed by atoms with van der Waals surface area (Å²) in [6.07, 6.45) is 0. The SMILES string of the molecule is [2H]c1cc2nc(C(C)(O)C([2H])([2H])[2H])c(N)cc2cc1Cl. The van der Waals surface area contributed by atoms with Gasteiger partial charge in [-0.2, -0.15) is 0 Å². The number of benzene rings is 1. The van der Waals surface area contributed by atoms with Crippen LogP contribution < -0.4 is 5.73 Å². The number of hydrogen-bond donors (Lipinski definition) is 2. The van der Waals surface area contributed by atoms with Crippen LogP contribution in [0.15, 0.2) is 24.2 Å². The summed E-state index contributed by atoms with van der Waals surface area (Å²) in [4.78, 5) is 4.10. The van der Waals surface area contributed by atoms with E-state index in [-0.39, 0.29) is 22.4 Å². The van der Waals surface area contributed by atoms with Crippen LogP contribution >= 0.6 is 11.6 Å². The van der Waals surface area contributed by atoms with Crippen molar-refractivity contribution in [1.82, 2.24) is 4.98 Å². The molecule has 1 atom stereocenters. The Hall–Kier alpha value is -1.32. The first-order valence-corrected chi connectivity index (χ1v) is 5.01. The average molecular weight is 241 g/mol. The summed E-state index contributed by atoms with van der Waals surface area (Å²) in [7, 11) is 0. The predicted molar refractivity (Wildman–Crippen MR) is 66.4 cm³/mol. The summed E-state index contributed by atoms with van der Waals surface area (Å²) in [6.45, 7) is -1.53. The summed E-state index contributed by atoms with van der Waals surface area (Å²) in [6, 6.07) is 4.48. The summed E-state index contributed by atoms with van der Waals surface area (Å²) in [5, 5.41) is 11.0. The molecule has 2 aromatic rings. The van der Waals surface area contributed by atoms with Gasteiger partial charge in [-0.25, -0.2) is 4.98 Å². The number of nitrogens with zero attached hydrogens (tertiary/aromatic N) is 1. The molecule has 0 bridgehead atoms. The fourth-order valence-electron chi connectivity index (χ4n) is 1.50. The van der Waals surface area contributed by atoms with E-state index in [1.165, 1.54) is 18.2 Å². The molecule has 0 radical (unpaired) electrons. The average Bonchev–Trinajstić information content (AvgIpc) is 2.29. The number of halogens is 1. The van der Waals surface area contributed by atoms with Crippen LogP contribution in [0, 0.1) is 0 Å². The van der Waals surface area contributed by atoms with Crippen molar-refractivity contribution in [2.45, 2.75) is 19.4 Å². The highest BCUT2D eigenvalue weighted by Gasteiger charge is 2.21. The van der Waals surface area contributed by atoms with Crippen LogP contribution in [0.3, 0.4) is 0 Å². The Morgan fingerprint density at radius 2 is 2.38 bits per heavy atom. The van der Waals surface area contributed by atoms with Crippen molar-refractivity contribution in [1.29, 1.82) is 0 Å². The van der Waals surface area contributed by atoms with Crippen LogP contribution in [-0.4, -0.2) is 10.1 Å². The van der Waals surface area contributed by atoms with Gasteiger partial charge in [0.1, 0.15) is 5.60 Å². The molecule has 1 aromatic heterocycles. The molecule has 4 heteroatoms. The van der Waals surface area contributed by atoms with Crippen LogP contribution in [0.1, 0.15) is 25.0 Å². The Morgan fingerprint density at radius 1 is 1.62 bits per heavy atom. The topological polar surface area (TPSA) is 59.1 Å². The first-order valence-electron chi connectivity index (χ1n) is 6.63. The molecule has 0 saturated carbocycles. The second kappa shape index (κ2) is 3.61. The van der Waals surface area contributed by atoms with Gasteiger partial charge in [0.2, 0.25) is 0 Å². The lowest BCUT2D eigenvalue weighted by atomic mass is 10.0. The molecule has 84 valence electrons. The van der Waals surface area contributed by atoms with Crippen molar-refractivity contribution in [3.63, 3.8) is 0 Å². The van der Waals surface area contributed by atoms with Gasteiger partial charge in [-0.1, -0.05) is 11.6 Å². The van der Waals surface area contributed by atoms with Gasteiger partial charge in [0, 0.05) is 14.5 Å². The number of pyridine rings is 1. The Morgan fingerprint density at radius 3 is 3.06 bits per heavy atom. The van der Waals surface area contributed by atoms with E-state index in [0.29, 0.717) is 10.9 Å². The van der Waals surface area contributed by atoms with E-state index in [9.17, 15) is 5.11 Å². The van der Waals surface area contributed by atoms with Gasteiger partial charge < -0.3 is 10.8 Å². The first-order chi connectivity index (χ1) is 9.04. The van der Waals surface area contributed by atoms with E-state index in [0.717, 1.165) is 6.92 Å². The maximum absolute atomic E-state index is 10.2. The Balaban J connectivity index is 2.73. The number of nitrogens with two attached hydrogens (primary N) is 1. The number of rotatable bonds is 1. The third kappa shape index (κ3) is 1.96. The first kappa shape index (κ1) is 7.09. The molecule has 3 N–H and O–H groups in total. The van der Waals surface area contributed by atoms with Gasteiger partial charge in [0.15, 0.2) is 0 Å². The zero-order chi connectivity index (χ0) is 15.3. The van der Waals surface area contributed by atoms with Crippen molar-refractivity contribution < 1.29 is 10.6 Å². The van der Waals surface area contributed by atoms with Crippen molar-refractivity contribution in [3.8, 4) is 0 Å². The van der Waals surface area contributed by atoms with Crippen LogP contribution in [0.4, 0.5) is 5.69 Å². The normalized spacial score (nSPS) is 19.4. The molecule has 1 aromatic carbocycles. The second-order valence-corrected chi connectivity index (χ2v) is 4.16. The van der Waals surface area contributed by atoms with Crippen molar-refractivity contribution in [2.75, 3.05) is 5.73 Å². The number of aromatic nitrogens is 1. The van der Waals surface area contributed by atoms with E-state index < -0.39 is 12.5 Å². The number of hydrogen-bond acceptors (Lipinski definition) is 3. The quantitative estimate of drug-likeness (QED) is 0.806. The largest absolute Gasteiger partial charge is 0.397 e. The highest BCUT2D eigenvalue weighted by molar-refractivity contribution is 6.31. The van der Waals surface area contributed by atoms with Gasteiger partial charge in [-0.15, -0.1) is 0 Å². The molecule has 1 heterocycles. The Labute approximate surface area is 104 Å². The van der Waals surface area contributed by atoms with Gasteiger partial charge in [-0.05, 0) is 38.0 Å². The third-order valence-electron chi connectivity index (χ3n) is 2.20. The standard InChI is InChI=1S/C12H13ClN2O/c1-12(2,16)11-9(14)6-7-5-8(13)3-4-10(7)15-11/h3-6,16H,14H2,1-2H3/i1D3,3D. The number of anilines is 1. The van der Waals surface area contributed by atoms with E-state index in [1.807, 2.05) is 0 Å². The Bertz CT molecular complexity index is 685. The van der Waals surface area contributed by atoms with Crippen molar-refractivity contribution in [2.24, 2.45) is 0 Å². The van der Waals surface area contributed by atoms with E-state index >= 15 is 0 Å². The molecular formula is C12H13ClN2O. The molecule has 1 unspecified atom stereocenters. The fraction of sp³-hybridized carbons (Fsp3) is 0.250. The molecule has 0 aliphatic carbocycles. The number of aliphatic hydroxyl groups is 1. The summed E-state index contributed by atoms with van der Waals surface area (Å²) in [5.41, 5.74) is 3.91. The minimum absolute atomic E-state index is 0.0624. The number of fused-ring (bicyclic) bond motifs is 1. The van der Waals surface area contributed by atoms with Gasteiger partial charge in [0.05, 0.1) is 18.3 Å². The van der Waals surface area contributed by atoms with Crippen LogP contribution in [0.5, 0.6) is 0 Å². The van der Waals surface area contributed by atoms with E-state index in [4.69, 9.17) is 22.8 Å². The monoisotopic (exact) mass is 240 g/mol. The zero-order valence-electron chi connectivity index (χ0n) is 12.6. The fourth-order valence-corrected chi connectivity index (χ4v) is 1.67. The number of nitrogen functional groups attached to an aromatic ring is 1. The smallest absolute Gasteiger partial charge is 0.103 e. The molecular weight excluding hydrogens is 224 g/mol. The van der Waals surface area contributed by atoms with Crippen LogP contribution in [0.25, 0.3) is 10.9 Å². The highest BCUT2D eigenvalue weighted by atomic mass is 35.5. The molecule has 0 spiro atoms.